The van der Waals surface area contributed by atoms with Gasteiger partial charge in [0.25, 0.3) is 0 Å². The van der Waals surface area contributed by atoms with Crippen LogP contribution in [0.1, 0.15) is 32.1 Å². The van der Waals surface area contributed by atoms with Crippen molar-refractivity contribution < 1.29 is 9.59 Å². The summed E-state index contributed by atoms with van der Waals surface area (Å²) in [4.78, 5) is 34.9. The molecule has 0 radical (unpaired) electrons. The molecule has 2 aliphatic heterocycles. The second kappa shape index (κ2) is 10.7. The molecule has 2 atom stereocenters. The van der Waals surface area contributed by atoms with Crippen LogP contribution in [0.2, 0.25) is 0 Å². The van der Waals surface area contributed by atoms with E-state index in [2.05, 4.69) is 21.6 Å². The summed E-state index contributed by atoms with van der Waals surface area (Å²) in [6.45, 7) is 8.27. The van der Waals surface area contributed by atoms with E-state index in [0.717, 1.165) is 97.6 Å². The molecule has 0 aromatic carbocycles. The number of hydrogen-bond acceptors (Lipinski definition) is 4. The van der Waals surface area contributed by atoms with Gasteiger partial charge in [-0.15, -0.1) is 24.7 Å². The Morgan fingerprint density at radius 1 is 0.690 bits per heavy atom. The van der Waals surface area contributed by atoms with Gasteiger partial charge in [-0.05, 0) is 12.8 Å². The molecule has 3 rings (SSSR count). The normalized spacial score (nSPS) is 26.1. The van der Waals surface area contributed by atoms with Crippen LogP contribution in [0.15, 0.2) is 0 Å². The fourth-order valence-corrected chi connectivity index (χ4v) is 4.85. The predicted molar refractivity (Wildman–Crippen MR) is 114 cm³/mol. The predicted octanol–water partition coefficient (Wildman–Crippen LogP) is 0.738. The Kier molecular flexibility index (Phi) is 7.98. The van der Waals surface area contributed by atoms with Crippen LogP contribution in [0.25, 0.3) is 0 Å². The van der Waals surface area contributed by atoms with E-state index in [-0.39, 0.29) is 23.7 Å². The number of amides is 2. The van der Waals surface area contributed by atoms with Gasteiger partial charge in [-0.3, -0.25) is 19.4 Å². The fraction of sp³-hybridized carbons (Fsp3) is 0.739. The summed E-state index contributed by atoms with van der Waals surface area (Å²) in [5.74, 6) is 5.45. The van der Waals surface area contributed by atoms with Gasteiger partial charge in [-0.25, -0.2) is 0 Å². The summed E-state index contributed by atoms with van der Waals surface area (Å²) in [5, 5.41) is 0. The first-order valence-corrected chi connectivity index (χ1v) is 11.0. The standard InChI is InChI=1S/C23H34N4O2/c1-3-5-10-24-12-16-26(17-13-24)22(28)20-8-7-9-21(20)23(29)27-18-14-25(15-19-27)11-6-4-2/h1-2,20-21H,5-19H2/t20-,21-/m1/s1. The molecule has 0 aromatic heterocycles. The van der Waals surface area contributed by atoms with E-state index in [1.165, 1.54) is 0 Å². The average Bonchev–Trinajstić information content (AvgIpc) is 3.26. The smallest absolute Gasteiger partial charge is 0.226 e. The molecule has 6 heteroatoms. The number of nitrogens with zero attached hydrogens (tertiary/aromatic N) is 4. The molecule has 1 aliphatic carbocycles. The van der Waals surface area contributed by atoms with Crippen LogP contribution >= 0.6 is 0 Å². The Morgan fingerprint density at radius 3 is 1.41 bits per heavy atom. The van der Waals surface area contributed by atoms with Gasteiger partial charge in [0.15, 0.2) is 0 Å². The first-order valence-electron chi connectivity index (χ1n) is 11.0. The van der Waals surface area contributed by atoms with Crippen molar-refractivity contribution in [3.05, 3.63) is 0 Å². The van der Waals surface area contributed by atoms with Crippen molar-refractivity contribution in [2.45, 2.75) is 32.1 Å². The van der Waals surface area contributed by atoms with Crippen molar-refractivity contribution >= 4 is 11.8 Å². The van der Waals surface area contributed by atoms with Gasteiger partial charge in [0.05, 0.1) is 0 Å². The first-order chi connectivity index (χ1) is 14.1. The second-order valence-electron chi connectivity index (χ2n) is 8.39. The van der Waals surface area contributed by atoms with Gasteiger partial charge in [-0.2, -0.15) is 0 Å². The Balaban J connectivity index is 1.49. The molecular formula is C23H34N4O2. The van der Waals surface area contributed by atoms with Crippen LogP contribution in [0.4, 0.5) is 0 Å². The molecule has 158 valence electrons. The lowest BCUT2D eigenvalue weighted by Crippen LogP contribution is -2.53. The summed E-state index contributed by atoms with van der Waals surface area (Å²) < 4.78 is 0. The maximum Gasteiger partial charge on any atom is 0.226 e. The molecule has 0 bridgehead atoms. The maximum atomic E-state index is 13.2. The lowest BCUT2D eigenvalue weighted by Gasteiger charge is -2.38. The Hall–Kier alpha value is -2.02. The van der Waals surface area contributed by atoms with Crippen molar-refractivity contribution in [2.75, 3.05) is 65.4 Å². The number of carbonyl (C=O) groups is 2. The minimum absolute atomic E-state index is 0.140. The summed E-state index contributed by atoms with van der Waals surface area (Å²) in [7, 11) is 0. The second-order valence-corrected chi connectivity index (χ2v) is 8.39. The number of piperazine rings is 2. The van der Waals surface area contributed by atoms with Crippen LogP contribution in [0.3, 0.4) is 0 Å². The minimum Gasteiger partial charge on any atom is -0.340 e. The van der Waals surface area contributed by atoms with Gasteiger partial charge in [0.2, 0.25) is 11.8 Å². The van der Waals surface area contributed by atoms with Crippen LogP contribution in [0, 0.1) is 36.5 Å². The van der Waals surface area contributed by atoms with Gasteiger partial charge < -0.3 is 9.80 Å². The van der Waals surface area contributed by atoms with Crippen LogP contribution in [-0.4, -0.2) is 96.9 Å². The molecule has 6 nitrogen and oxygen atoms in total. The summed E-state index contributed by atoms with van der Waals surface area (Å²) in [6, 6.07) is 0. The lowest BCUT2D eigenvalue weighted by molar-refractivity contribution is -0.147. The summed E-state index contributed by atoms with van der Waals surface area (Å²) in [5.41, 5.74) is 0. The van der Waals surface area contributed by atoms with Gasteiger partial charge in [-0.1, -0.05) is 6.42 Å². The maximum absolute atomic E-state index is 13.2. The Morgan fingerprint density at radius 2 is 1.07 bits per heavy atom. The number of terminal acetylenes is 2. The molecule has 3 fully saturated rings. The molecule has 2 amide bonds. The Labute approximate surface area is 175 Å². The first kappa shape index (κ1) is 21.7. The van der Waals surface area contributed by atoms with E-state index in [1.807, 2.05) is 9.80 Å². The highest BCUT2D eigenvalue weighted by molar-refractivity contribution is 5.88. The SMILES string of the molecule is C#CCCN1CCN(C(=O)[C@@H]2CCC[C@H]2C(=O)N2CCN(CCC#C)CC2)CC1. The van der Waals surface area contributed by atoms with Crippen LogP contribution in [-0.2, 0) is 9.59 Å². The molecule has 1 saturated carbocycles. The summed E-state index contributed by atoms with van der Waals surface area (Å²) >= 11 is 0. The third-order valence-electron chi connectivity index (χ3n) is 6.66. The highest BCUT2D eigenvalue weighted by atomic mass is 16.2. The molecule has 29 heavy (non-hydrogen) atoms. The lowest BCUT2D eigenvalue weighted by atomic mass is 9.92. The van der Waals surface area contributed by atoms with Crippen LogP contribution < -0.4 is 0 Å². The number of rotatable bonds is 6. The molecule has 0 spiro atoms. The van der Waals surface area contributed by atoms with E-state index < -0.39 is 0 Å². The topological polar surface area (TPSA) is 47.1 Å². The molecule has 2 saturated heterocycles. The number of hydrogen-bond donors (Lipinski definition) is 0. The van der Waals surface area contributed by atoms with Crippen LogP contribution in [0.5, 0.6) is 0 Å². The molecule has 2 heterocycles. The van der Waals surface area contributed by atoms with Gasteiger partial charge in [0, 0.05) is 90.1 Å². The average molecular weight is 399 g/mol. The van der Waals surface area contributed by atoms with E-state index in [1.54, 1.807) is 0 Å². The van der Waals surface area contributed by atoms with E-state index >= 15 is 0 Å². The van der Waals surface area contributed by atoms with Crippen molar-refractivity contribution in [2.24, 2.45) is 11.8 Å². The summed E-state index contributed by atoms with van der Waals surface area (Å²) in [6.07, 6.45) is 14.9. The highest BCUT2D eigenvalue weighted by Crippen LogP contribution is 2.35. The zero-order valence-corrected chi connectivity index (χ0v) is 17.5. The monoisotopic (exact) mass is 398 g/mol. The van der Waals surface area contributed by atoms with Gasteiger partial charge >= 0.3 is 0 Å². The van der Waals surface area contributed by atoms with Crippen molar-refractivity contribution in [1.82, 2.24) is 19.6 Å². The zero-order valence-electron chi connectivity index (χ0n) is 17.5. The van der Waals surface area contributed by atoms with E-state index in [0.29, 0.717) is 0 Å². The van der Waals surface area contributed by atoms with Gasteiger partial charge in [0.1, 0.15) is 0 Å². The third kappa shape index (κ3) is 5.53. The third-order valence-corrected chi connectivity index (χ3v) is 6.66. The molecular weight excluding hydrogens is 364 g/mol. The zero-order chi connectivity index (χ0) is 20.6. The van der Waals surface area contributed by atoms with E-state index in [9.17, 15) is 9.59 Å². The minimum atomic E-state index is -0.140. The van der Waals surface area contributed by atoms with Crippen molar-refractivity contribution in [3.8, 4) is 24.7 Å². The van der Waals surface area contributed by atoms with E-state index in [4.69, 9.17) is 12.8 Å². The van der Waals surface area contributed by atoms with Crippen molar-refractivity contribution in [3.63, 3.8) is 0 Å². The molecule has 3 aliphatic rings. The molecule has 0 unspecified atom stereocenters. The molecule has 0 aromatic rings. The fourth-order valence-electron chi connectivity index (χ4n) is 4.85. The Bertz CT molecular complexity index is 593. The number of carbonyl (C=O) groups excluding carboxylic acids is 2. The highest BCUT2D eigenvalue weighted by Gasteiger charge is 2.42. The van der Waals surface area contributed by atoms with Crippen molar-refractivity contribution in [1.29, 1.82) is 0 Å². The quantitative estimate of drug-likeness (QED) is 0.619. The largest absolute Gasteiger partial charge is 0.340 e. The molecule has 0 N–H and O–H groups in total.